The largest absolute Gasteiger partial charge is 0.481 e. The quantitative estimate of drug-likeness (QED) is 0.906. The lowest BCUT2D eigenvalue weighted by atomic mass is 9.93. The van der Waals surface area contributed by atoms with Crippen LogP contribution in [0.2, 0.25) is 5.02 Å². The molecule has 0 aromatic heterocycles. The van der Waals surface area contributed by atoms with E-state index in [2.05, 4.69) is 0 Å². The first kappa shape index (κ1) is 17.1. The van der Waals surface area contributed by atoms with Gasteiger partial charge in [0.1, 0.15) is 0 Å². The summed E-state index contributed by atoms with van der Waals surface area (Å²) in [6, 6.07) is 3.97. The van der Waals surface area contributed by atoms with Crippen LogP contribution in [0.15, 0.2) is 18.2 Å². The van der Waals surface area contributed by atoms with Gasteiger partial charge in [-0.1, -0.05) is 17.7 Å². The van der Waals surface area contributed by atoms with Gasteiger partial charge in [0.05, 0.1) is 16.5 Å². The van der Waals surface area contributed by atoms with Crippen LogP contribution in [0.1, 0.15) is 30.9 Å². The number of aliphatic carboxylic acids is 1. The standard InChI is InChI=1S/C15H17ClF3NO2/c1-9-2-4-11(14(21)22)8-20(9)7-10-3-5-13(16)12(6-10)15(17,18)19/h3,5-6,9,11H,2,4,7-8H2,1H3,(H,21,22). The van der Waals surface area contributed by atoms with E-state index < -0.39 is 23.6 Å². The Morgan fingerprint density at radius 1 is 1.41 bits per heavy atom. The number of carboxylic acids is 1. The van der Waals surface area contributed by atoms with E-state index in [1.165, 1.54) is 6.07 Å². The van der Waals surface area contributed by atoms with Gasteiger partial charge in [0.15, 0.2) is 0 Å². The maximum Gasteiger partial charge on any atom is 0.417 e. The molecule has 7 heteroatoms. The summed E-state index contributed by atoms with van der Waals surface area (Å²) in [5.74, 6) is -1.32. The van der Waals surface area contributed by atoms with Gasteiger partial charge in [-0.2, -0.15) is 13.2 Å². The van der Waals surface area contributed by atoms with E-state index in [1.807, 2.05) is 11.8 Å². The summed E-state index contributed by atoms with van der Waals surface area (Å²) in [4.78, 5) is 13.0. The number of hydrogen-bond acceptors (Lipinski definition) is 2. The predicted octanol–water partition coefficient (Wildman–Crippen LogP) is 4.04. The number of rotatable bonds is 3. The van der Waals surface area contributed by atoms with Gasteiger partial charge in [0.2, 0.25) is 0 Å². The second-order valence-electron chi connectivity index (χ2n) is 5.70. The van der Waals surface area contributed by atoms with Crippen LogP contribution in [0, 0.1) is 5.92 Å². The molecule has 2 atom stereocenters. The van der Waals surface area contributed by atoms with Crippen molar-refractivity contribution >= 4 is 17.6 Å². The molecule has 1 aromatic rings. The van der Waals surface area contributed by atoms with Crippen LogP contribution in [0.5, 0.6) is 0 Å². The summed E-state index contributed by atoms with van der Waals surface area (Å²) in [5.41, 5.74) is -0.374. The first-order valence-corrected chi connectivity index (χ1v) is 7.38. The SMILES string of the molecule is CC1CCC(C(=O)O)CN1Cc1ccc(Cl)c(C(F)(F)F)c1. The maximum absolute atomic E-state index is 12.9. The zero-order valence-electron chi connectivity index (χ0n) is 12.0. The van der Waals surface area contributed by atoms with Crippen molar-refractivity contribution in [2.24, 2.45) is 5.92 Å². The molecule has 0 spiro atoms. The molecule has 0 bridgehead atoms. The van der Waals surface area contributed by atoms with E-state index in [1.54, 1.807) is 6.07 Å². The summed E-state index contributed by atoms with van der Waals surface area (Å²) < 4.78 is 38.6. The number of benzene rings is 1. The molecular weight excluding hydrogens is 319 g/mol. The minimum atomic E-state index is -4.50. The molecule has 1 fully saturated rings. The third-order valence-corrected chi connectivity index (χ3v) is 4.41. The molecule has 1 aliphatic heterocycles. The highest BCUT2D eigenvalue weighted by Gasteiger charge is 2.34. The Balaban J connectivity index is 2.17. The van der Waals surface area contributed by atoms with E-state index in [0.29, 0.717) is 18.5 Å². The van der Waals surface area contributed by atoms with Gasteiger partial charge in [-0.15, -0.1) is 0 Å². The van der Waals surface area contributed by atoms with E-state index in [4.69, 9.17) is 16.7 Å². The van der Waals surface area contributed by atoms with Gasteiger partial charge < -0.3 is 5.11 Å². The van der Waals surface area contributed by atoms with Crippen molar-refractivity contribution in [1.29, 1.82) is 0 Å². The van der Waals surface area contributed by atoms with Gasteiger partial charge in [-0.05, 0) is 37.5 Å². The molecule has 1 heterocycles. The van der Waals surface area contributed by atoms with Crippen molar-refractivity contribution in [2.45, 2.75) is 38.5 Å². The molecule has 122 valence electrons. The average Bonchev–Trinajstić information content (AvgIpc) is 2.41. The average molecular weight is 336 g/mol. The van der Waals surface area contributed by atoms with Crippen molar-refractivity contribution in [2.75, 3.05) is 6.54 Å². The van der Waals surface area contributed by atoms with Crippen molar-refractivity contribution in [1.82, 2.24) is 4.90 Å². The molecule has 1 aromatic carbocycles. The highest BCUT2D eigenvalue weighted by Crippen LogP contribution is 2.35. The smallest absolute Gasteiger partial charge is 0.417 e. The zero-order chi connectivity index (χ0) is 16.5. The second-order valence-corrected chi connectivity index (χ2v) is 6.11. The Morgan fingerprint density at radius 2 is 2.09 bits per heavy atom. The molecule has 0 saturated carbocycles. The molecule has 22 heavy (non-hydrogen) atoms. The molecule has 1 aliphatic rings. The number of carboxylic acid groups (broad SMARTS) is 1. The lowest BCUT2D eigenvalue weighted by molar-refractivity contribution is -0.144. The fourth-order valence-corrected chi connectivity index (χ4v) is 2.95. The number of alkyl halides is 3. The van der Waals surface area contributed by atoms with Gasteiger partial charge >= 0.3 is 12.1 Å². The van der Waals surface area contributed by atoms with Gasteiger partial charge in [0, 0.05) is 19.1 Å². The van der Waals surface area contributed by atoms with E-state index in [-0.39, 0.29) is 17.6 Å². The number of carbonyl (C=O) groups is 1. The summed E-state index contributed by atoms with van der Waals surface area (Å²) in [5, 5.41) is 8.78. The van der Waals surface area contributed by atoms with Crippen molar-refractivity contribution in [3.63, 3.8) is 0 Å². The molecular formula is C15H17ClF3NO2. The van der Waals surface area contributed by atoms with Crippen molar-refractivity contribution in [3.05, 3.63) is 34.3 Å². The lowest BCUT2D eigenvalue weighted by Crippen LogP contribution is -2.43. The van der Waals surface area contributed by atoms with Crippen LogP contribution in [0.3, 0.4) is 0 Å². The van der Waals surface area contributed by atoms with E-state index in [0.717, 1.165) is 12.5 Å². The van der Waals surface area contributed by atoms with Crippen LogP contribution in [-0.2, 0) is 17.5 Å². The van der Waals surface area contributed by atoms with Crippen LogP contribution < -0.4 is 0 Å². The van der Waals surface area contributed by atoms with E-state index in [9.17, 15) is 18.0 Å². The first-order valence-electron chi connectivity index (χ1n) is 7.01. The Morgan fingerprint density at radius 3 is 2.68 bits per heavy atom. The fourth-order valence-electron chi connectivity index (χ4n) is 2.72. The highest BCUT2D eigenvalue weighted by molar-refractivity contribution is 6.31. The molecule has 1 saturated heterocycles. The maximum atomic E-state index is 12.9. The van der Waals surface area contributed by atoms with Crippen LogP contribution in [0.4, 0.5) is 13.2 Å². The van der Waals surface area contributed by atoms with Gasteiger partial charge in [-0.3, -0.25) is 9.69 Å². The van der Waals surface area contributed by atoms with Gasteiger partial charge in [0.25, 0.3) is 0 Å². The third-order valence-electron chi connectivity index (χ3n) is 4.08. The van der Waals surface area contributed by atoms with Crippen LogP contribution in [0.25, 0.3) is 0 Å². The van der Waals surface area contributed by atoms with Crippen LogP contribution >= 0.6 is 11.6 Å². The molecule has 2 rings (SSSR count). The molecule has 3 nitrogen and oxygen atoms in total. The zero-order valence-corrected chi connectivity index (χ0v) is 12.8. The summed E-state index contributed by atoms with van der Waals surface area (Å²) in [6.45, 7) is 2.59. The fraction of sp³-hybridized carbons (Fsp3) is 0.533. The molecule has 0 aliphatic carbocycles. The Labute approximate surface area is 131 Å². The number of likely N-dealkylation sites (tertiary alicyclic amines) is 1. The van der Waals surface area contributed by atoms with Crippen molar-refractivity contribution < 1.29 is 23.1 Å². The second kappa shape index (κ2) is 6.46. The highest BCUT2D eigenvalue weighted by atomic mass is 35.5. The first-order chi connectivity index (χ1) is 10.2. The van der Waals surface area contributed by atoms with E-state index >= 15 is 0 Å². The Kier molecular flexibility index (Phi) is 5.02. The summed E-state index contributed by atoms with van der Waals surface area (Å²) >= 11 is 5.61. The molecule has 0 amide bonds. The third kappa shape index (κ3) is 3.93. The van der Waals surface area contributed by atoms with Crippen LogP contribution in [-0.4, -0.2) is 28.6 Å². The molecule has 0 radical (unpaired) electrons. The summed E-state index contributed by atoms with van der Waals surface area (Å²) in [7, 11) is 0. The monoisotopic (exact) mass is 335 g/mol. The summed E-state index contributed by atoms with van der Waals surface area (Å²) in [6.07, 6.45) is -3.18. The molecule has 1 N–H and O–H groups in total. The predicted molar refractivity (Wildman–Crippen MR) is 76.7 cm³/mol. The number of piperidine rings is 1. The van der Waals surface area contributed by atoms with Crippen molar-refractivity contribution in [3.8, 4) is 0 Å². The normalized spacial score (nSPS) is 23.5. The lowest BCUT2D eigenvalue weighted by Gasteiger charge is -2.36. The minimum absolute atomic E-state index is 0.139. The minimum Gasteiger partial charge on any atom is -0.481 e. The Bertz CT molecular complexity index is 562. The number of halogens is 4. The molecule has 2 unspecified atom stereocenters. The number of hydrogen-bond donors (Lipinski definition) is 1. The topological polar surface area (TPSA) is 40.5 Å². The number of nitrogens with zero attached hydrogens (tertiary/aromatic N) is 1. The Hall–Kier alpha value is -1.27. The van der Waals surface area contributed by atoms with Gasteiger partial charge in [-0.25, -0.2) is 0 Å².